The fraction of sp³-hybridized carbons (Fsp3) is 0.158. The number of rotatable bonds is 3. The van der Waals surface area contributed by atoms with Gasteiger partial charge in [-0.2, -0.15) is 0 Å². The third kappa shape index (κ3) is 2.80. The largest absolute Gasteiger partial charge is 0.482 e. The molecule has 1 N–H and O–H groups in total. The second kappa shape index (κ2) is 6.24. The fourth-order valence-corrected chi connectivity index (χ4v) is 3.08. The lowest BCUT2D eigenvalue weighted by molar-refractivity contribution is -0.121. The van der Waals surface area contributed by atoms with Crippen molar-refractivity contribution in [3.63, 3.8) is 0 Å². The molecule has 4 rings (SSSR count). The Bertz CT molecular complexity index is 966. The molecule has 2 aliphatic rings. The van der Waals surface area contributed by atoms with Gasteiger partial charge in [0, 0.05) is 12.7 Å². The van der Waals surface area contributed by atoms with Crippen molar-refractivity contribution in [2.45, 2.75) is 0 Å². The minimum atomic E-state index is -0.518. The molecule has 0 atom stereocenters. The predicted molar refractivity (Wildman–Crippen MR) is 95.8 cm³/mol. The molecule has 0 aliphatic carbocycles. The minimum Gasteiger partial charge on any atom is -0.482 e. The van der Waals surface area contributed by atoms with E-state index in [0.717, 1.165) is 4.90 Å². The van der Waals surface area contributed by atoms with E-state index in [0.29, 0.717) is 28.3 Å². The first-order valence-corrected chi connectivity index (χ1v) is 8.24. The van der Waals surface area contributed by atoms with Crippen molar-refractivity contribution in [1.29, 1.82) is 0 Å². The molecule has 27 heavy (non-hydrogen) atoms. The summed E-state index contributed by atoms with van der Waals surface area (Å²) in [7, 11) is 1.62. The van der Waals surface area contributed by atoms with Gasteiger partial charge in [-0.15, -0.1) is 0 Å². The zero-order valence-corrected chi connectivity index (χ0v) is 14.4. The number of anilines is 2. The van der Waals surface area contributed by atoms with Gasteiger partial charge < -0.3 is 15.0 Å². The van der Waals surface area contributed by atoms with Crippen molar-refractivity contribution in [2.75, 3.05) is 30.4 Å². The number of ether oxygens (including phenoxy) is 1. The molecule has 0 saturated heterocycles. The number of amides is 4. The fourth-order valence-electron chi connectivity index (χ4n) is 3.08. The van der Waals surface area contributed by atoms with Crippen LogP contribution in [-0.2, 0) is 9.59 Å². The van der Waals surface area contributed by atoms with Crippen LogP contribution in [0.3, 0.4) is 0 Å². The number of nitrogens with zero attached hydrogens (tertiary/aromatic N) is 2. The van der Waals surface area contributed by atoms with Crippen molar-refractivity contribution in [1.82, 2.24) is 4.90 Å². The van der Waals surface area contributed by atoms with Gasteiger partial charge in [0.2, 0.25) is 5.91 Å². The average molecular weight is 365 g/mol. The molecule has 8 heteroatoms. The Morgan fingerprint density at radius 1 is 1.07 bits per heavy atom. The summed E-state index contributed by atoms with van der Waals surface area (Å²) in [5.74, 6) is -1.16. The summed E-state index contributed by atoms with van der Waals surface area (Å²) in [6.45, 7) is -0.427. The number of carbonyl (C=O) groups is 4. The maximum atomic E-state index is 12.4. The third-order valence-corrected chi connectivity index (χ3v) is 4.51. The Morgan fingerprint density at radius 2 is 1.74 bits per heavy atom. The van der Waals surface area contributed by atoms with E-state index in [4.69, 9.17) is 4.74 Å². The first-order chi connectivity index (χ1) is 13.0. The molecule has 0 saturated carbocycles. The number of fused-ring (bicyclic) bond motifs is 2. The standard InChI is InChI=1S/C19H15N3O5/c1-21-14-8-11(6-7-15(14)27-10-17(21)24)20-16(23)9-22-18(25)12-4-2-3-5-13(12)19(22)26/h2-8H,9-10H2,1H3,(H,20,23). The Balaban J connectivity index is 1.49. The molecule has 2 aliphatic heterocycles. The van der Waals surface area contributed by atoms with Crippen LogP contribution in [0, 0.1) is 0 Å². The van der Waals surface area contributed by atoms with Gasteiger partial charge in [0.1, 0.15) is 12.3 Å². The van der Waals surface area contributed by atoms with E-state index in [2.05, 4.69) is 5.32 Å². The molecule has 0 aromatic heterocycles. The quantitative estimate of drug-likeness (QED) is 0.827. The van der Waals surface area contributed by atoms with E-state index in [1.165, 1.54) is 4.90 Å². The zero-order valence-electron chi connectivity index (χ0n) is 14.4. The van der Waals surface area contributed by atoms with E-state index in [1.807, 2.05) is 0 Å². The highest BCUT2D eigenvalue weighted by Gasteiger charge is 2.36. The Morgan fingerprint density at radius 3 is 2.41 bits per heavy atom. The van der Waals surface area contributed by atoms with E-state index >= 15 is 0 Å². The van der Waals surface area contributed by atoms with E-state index in [-0.39, 0.29) is 12.5 Å². The number of hydrogen-bond acceptors (Lipinski definition) is 5. The molecule has 0 unspecified atom stereocenters. The predicted octanol–water partition coefficient (Wildman–Crippen LogP) is 1.28. The van der Waals surface area contributed by atoms with Crippen molar-refractivity contribution < 1.29 is 23.9 Å². The lowest BCUT2D eigenvalue weighted by Crippen LogP contribution is -2.37. The summed E-state index contributed by atoms with van der Waals surface area (Å²) in [6.07, 6.45) is 0. The summed E-state index contributed by atoms with van der Waals surface area (Å²) in [6, 6.07) is 11.3. The molecule has 2 heterocycles. The number of benzene rings is 2. The van der Waals surface area contributed by atoms with Crippen LogP contribution in [-0.4, -0.2) is 48.7 Å². The first-order valence-electron chi connectivity index (χ1n) is 8.24. The van der Waals surface area contributed by atoms with Crippen LogP contribution in [0.2, 0.25) is 0 Å². The molecule has 8 nitrogen and oxygen atoms in total. The molecule has 136 valence electrons. The summed E-state index contributed by atoms with van der Waals surface area (Å²) in [5.41, 5.74) is 1.55. The highest BCUT2D eigenvalue weighted by molar-refractivity contribution is 6.22. The van der Waals surface area contributed by atoms with Crippen molar-refractivity contribution in [2.24, 2.45) is 0 Å². The number of carbonyl (C=O) groups excluding carboxylic acids is 4. The number of hydrogen-bond donors (Lipinski definition) is 1. The van der Waals surface area contributed by atoms with Gasteiger partial charge in [0.15, 0.2) is 6.61 Å². The lowest BCUT2D eigenvalue weighted by Gasteiger charge is -2.26. The normalized spacial score (nSPS) is 15.4. The Hall–Kier alpha value is -3.68. The molecule has 2 aromatic carbocycles. The van der Waals surface area contributed by atoms with Gasteiger partial charge in [-0.3, -0.25) is 24.1 Å². The molecular formula is C19H15N3O5. The minimum absolute atomic E-state index is 0.0328. The summed E-state index contributed by atoms with van der Waals surface area (Å²) >= 11 is 0. The average Bonchev–Trinajstić information content (AvgIpc) is 2.90. The van der Waals surface area contributed by atoms with Gasteiger partial charge >= 0.3 is 0 Å². The molecule has 0 radical (unpaired) electrons. The van der Waals surface area contributed by atoms with Crippen LogP contribution >= 0.6 is 0 Å². The maximum Gasteiger partial charge on any atom is 0.264 e. The van der Waals surface area contributed by atoms with Gasteiger partial charge in [-0.1, -0.05) is 12.1 Å². The van der Waals surface area contributed by atoms with Crippen LogP contribution < -0.4 is 15.0 Å². The maximum absolute atomic E-state index is 12.4. The van der Waals surface area contributed by atoms with Gasteiger partial charge in [0.05, 0.1) is 16.8 Å². The van der Waals surface area contributed by atoms with Crippen LogP contribution in [0.5, 0.6) is 5.75 Å². The van der Waals surface area contributed by atoms with Crippen molar-refractivity contribution >= 4 is 35.0 Å². The molecule has 4 amide bonds. The molecular weight excluding hydrogens is 350 g/mol. The van der Waals surface area contributed by atoms with E-state index in [9.17, 15) is 19.2 Å². The van der Waals surface area contributed by atoms with Crippen LogP contribution in [0.25, 0.3) is 0 Å². The Kier molecular flexibility index (Phi) is 3.88. The number of nitrogens with one attached hydrogen (secondary N) is 1. The second-order valence-electron chi connectivity index (χ2n) is 6.21. The van der Waals surface area contributed by atoms with Crippen LogP contribution in [0.1, 0.15) is 20.7 Å². The topological polar surface area (TPSA) is 96.0 Å². The molecule has 0 bridgehead atoms. The number of imide groups is 1. The third-order valence-electron chi connectivity index (χ3n) is 4.51. The van der Waals surface area contributed by atoms with E-state index < -0.39 is 24.3 Å². The Labute approximate surface area is 154 Å². The molecule has 0 fully saturated rings. The van der Waals surface area contributed by atoms with Gasteiger partial charge in [0.25, 0.3) is 17.7 Å². The molecule has 2 aromatic rings. The van der Waals surface area contributed by atoms with Crippen molar-refractivity contribution in [3.8, 4) is 5.75 Å². The highest BCUT2D eigenvalue weighted by atomic mass is 16.5. The number of likely N-dealkylation sites (N-methyl/N-ethyl adjacent to an activating group) is 1. The zero-order chi connectivity index (χ0) is 19.1. The smallest absolute Gasteiger partial charge is 0.264 e. The second-order valence-corrected chi connectivity index (χ2v) is 6.21. The van der Waals surface area contributed by atoms with E-state index in [1.54, 1.807) is 49.5 Å². The summed E-state index contributed by atoms with van der Waals surface area (Å²) in [4.78, 5) is 51.1. The van der Waals surface area contributed by atoms with Crippen LogP contribution in [0.15, 0.2) is 42.5 Å². The lowest BCUT2D eigenvalue weighted by atomic mass is 10.1. The SMILES string of the molecule is CN1C(=O)COc2ccc(NC(=O)CN3C(=O)c4ccccc4C3=O)cc21. The first kappa shape index (κ1) is 16.8. The summed E-state index contributed by atoms with van der Waals surface area (Å²) < 4.78 is 5.34. The highest BCUT2D eigenvalue weighted by Crippen LogP contribution is 2.33. The van der Waals surface area contributed by atoms with Gasteiger partial charge in [-0.25, -0.2) is 0 Å². The van der Waals surface area contributed by atoms with Crippen LogP contribution in [0.4, 0.5) is 11.4 Å². The van der Waals surface area contributed by atoms with Gasteiger partial charge in [-0.05, 0) is 30.3 Å². The summed E-state index contributed by atoms with van der Waals surface area (Å²) in [5, 5.41) is 2.64. The van der Waals surface area contributed by atoms with Crippen molar-refractivity contribution in [3.05, 3.63) is 53.6 Å². The molecule has 0 spiro atoms. The monoisotopic (exact) mass is 365 g/mol.